The topological polar surface area (TPSA) is 56.1 Å². The summed E-state index contributed by atoms with van der Waals surface area (Å²) in [6.07, 6.45) is 0.813. The number of nitrogens with one attached hydrogen (secondary N) is 1. The molecule has 0 saturated carbocycles. The van der Waals surface area contributed by atoms with E-state index in [2.05, 4.69) is 5.32 Å². The molecule has 1 saturated heterocycles. The van der Waals surface area contributed by atoms with Gasteiger partial charge in [0, 0.05) is 13.1 Å². The third-order valence-corrected chi connectivity index (χ3v) is 2.45. The molecule has 0 atom stereocenters. The molecule has 1 aromatic rings. The molecular weight excluding hydrogens is 209 g/mol. The summed E-state index contributed by atoms with van der Waals surface area (Å²) in [6, 6.07) is 5.49. The predicted molar refractivity (Wildman–Crippen MR) is 56.5 cm³/mol. The minimum Gasteiger partial charge on any atom is -0.338 e. The van der Waals surface area contributed by atoms with Crippen molar-refractivity contribution in [3.63, 3.8) is 0 Å². The number of rotatable bonds is 1. The van der Waals surface area contributed by atoms with E-state index in [1.807, 2.05) is 6.07 Å². The van der Waals surface area contributed by atoms with E-state index in [4.69, 9.17) is 5.26 Å². The summed E-state index contributed by atoms with van der Waals surface area (Å²) in [5.74, 6) is -0.474. The molecule has 0 spiro atoms. The monoisotopic (exact) mass is 219 g/mol. The van der Waals surface area contributed by atoms with Crippen LogP contribution in [0.25, 0.3) is 0 Å². The molecule has 0 bridgehead atoms. The van der Waals surface area contributed by atoms with Crippen molar-refractivity contribution >= 4 is 11.7 Å². The largest absolute Gasteiger partial charge is 0.338 e. The number of nitrogens with zero attached hydrogens (tertiary/aromatic N) is 2. The second-order valence-corrected chi connectivity index (χ2v) is 3.51. The van der Waals surface area contributed by atoms with Crippen LogP contribution in [0.2, 0.25) is 0 Å². The van der Waals surface area contributed by atoms with Gasteiger partial charge in [0.2, 0.25) is 0 Å². The van der Waals surface area contributed by atoms with Gasteiger partial charge in [-0.05, 0) is 24.6 Å². The summed E-state index contributed by atoms with van der Waals surface area (Å²) >= 11 is 0. The number of amides is 2. The fourth-order valence-corrected chi connectivity index (χ4v) is 1.69. The van der Waals surface area contributed by atoms with E-state index in [9.17, 15) is 9.18 Å². The number of nitriles is 1. The van der Waals surface area contributed by atoms with Crippen molar-refractivity contribution in [3.05, 3.63) is 29.6 Å². The van der Waals surface area contributed by atoms with Gasteiger partial charge in [-0.2, -0.15) is 5.26 Å². The number of urea groups is 1. The van der Waals surface area contributed by atoms with Crippen LogP contribution in [0.5, 0.6) is 0 Å². The van der Waals surface area contributed by atoms with Crippen molar-refractivity contribution in [3.8, 4) is 6.07 Å². The summed E-state index contributed by atoms with van der Waals surface area (Å²) in [7, 11) is 0. The Morgan fingerprint density at radius 3 is 3.00 bits per heavy atom. The van der Waals surface area contributed by atoms with E-state index >= 15 is 0 Å². The van der Waals surface area contributed by atoms with Crippen LogP contribution in [0.4, 0.5) is 14.9 Å². The lowest BCUT2D eigenvalue weighted by Crippen LogP contribution is -2.46. The Morgan fingerprint density at radius 1 is 1.50 bits per heavy atom. The van der Waals surface area contributed by atoms with Crippen LogP contribution in [0.1, 0.15) is 12.0 Å². The van der Waals surface area contributed by atoms with Crippen molar-refractivity contribution in [2.45, 2.75) is 6.42 Å². The van der Waals surface area contributed by atoms with E-state index in [0.717, 1.165) is 12.5 Å². The lowest BCUT2D eigenvalue weighted by Gasteiger charge is -2.28. The average Bonchev–Trinajstić information content (AvgIpc) is 2.30. The molecule has 0 unspecified atom stereocenters. The quantitative estimate of drug-likeness (QED) is 0.780. The number of carbonyl (C=O) groups excluding carboxylic acids is 1. The Bertz CT molecular complexity index is 467. The first-order valence-corrected chi connectivity index (χ1v) is 4.97. The van der Waals surface area contributed by atoms with Gasteiger partial charge in [-0.15, -0.1) is 0 Å². The molecule has 1 fully saturated rings. The van der Waals surface area contributed by atoms with Gasteiger partial charge in [0.05, 0.1) is 11.3 Å². The van der Waals surface area contributed by atoms with Gasteiger partial charge in [-0.1, -0.05) is 0 Å². The first-order chi connectivity index (χ1) is 7.72. The molecule has 1 aliphatic rings. The minimum atomic E-state index is -0.474. The molecule has 1 N–H and O–H groups in total. The maximum absolute atomic E-state index is 12.9. The molecule has 2 amide bonds. The third kappa shape index (κ3) is 1.82. The third-order valence-electron chi connectivity index (χ3n) is 2.45. The summed E-state index contributed by atoms with van der Waals surface area (Å²) < 4.78 is 12.9. The van der Waals surface area contributed by atoms with Crippen molar-refractivity contribution in [1.29, 1.82) is 5.26 Å². The number of benzene rings is 1. The molecular formula is C11H10FN3O. The van der Waals surface area contributed by atoms with Crippen LogP contribution in [-0.2, 0) is 0 Å². The van der Waals surface area contributed by atoms with E-state index in [-0.39, 0.29) is 11.6 Å². The fraction of sp³-hybridized carbons (Fsp3) is 0.273. The summed E-state index contributed by atoms with van der Waals surface area (Å²) in [6.45, 7) is 1.19. The molecule has 4 nitrogen and oxygen atoms in total. The van der Waals surface area contributed by atoms with Crippen LogP contribution in [0, 0.1) is 17.1 Å². The average molecular weight is 219 g/mol. The lowest BCUT2D eigenvalue weighted by molar-refractivity contribution is 0.243. The Morgan fingerprint density at radius 2 is 2.31 bits per heavy atom. The van der Waals surface area contributed by atoms with E-state index in [1.165, 1.54) is 17.0 Å². The predicted octanol–water partition coefficient (Wildman–Crippen LogP) is 1.62. The summed E-state index contributed by atoms with van der Waals surface area (Å²) in [4.78, 5) is 13.0. The maximum atomic E-state index is 12.9. The van der Waals surface area contributed by atoms with Gasteiger partial charge in [0.25, 0.3) is 0 Å². The molecule has 0 radical (unpaired) electrons. The second-order valence-electron chi connectivity index (χ2n) is 3.51. The Balaban J connectivity index is 2.39. The van der Waals surface area contributed by atoms with Crippen LogP contribution in [0.3, 0.4) is 0 Å². The van der Waals surface area contributed by atoms with Crippen molar-refractivity contribution in [2.24, 2.45) is 0 Å². The first kappa shape index (κ1) is 10.4. The van der Waals surface area contributed by atoms with Gasteiger partial charge in [0.15, 0.2) is 0 Å². The molecule has 2 rings (SSSR count). The van der Waals surface area contributed by atoms with Crippen molar-refractivity contribution < 1.29 is 9.18 Å². The van der Waals surface area contributed by atoms with Gasteiger partial charge in [0.1, 0.15) is 11.9 Å². The smallest absolute Gasteiger partial charge is 0.321 e. The number of halogens is 1. The minimum absolute atomic E-state index is 0.178. The maximum Gasteiger partial charge on any atom is 0.321 e. The zero-order valence-electron chi connectivity index (χ0n) is 8.53. The number of hydrogen-bond donors (Lipinski definition) is 1. The highest BCUT2D eigenvalue weighted by Gasteiger charge is 2.21. The Kier molecular flexibility index (Phi) is 2.73. The standard InChI is InChI=1S/C11H10FN3O/c12-9-2-3-10(8(6-9)7-13)15-5-1-4-14-11(15)16/h2-3,6H,1,4-5H2,(H,14,16). The number of carbonyl (C=O) groups is 1. The number of anilines is 1. The molecule has 0 aliphatic carbocycles. The van der Waals surface area contributed by atoms with Crippen LogP contribution in [0.15, 0.2) is 18.2 Å². The molecule has 1 aromatic carbocycles. The number of hydrogen-bond acceptors (Lipinski definition) is 2. The zero-order valence-corrected chi connectivity index (χ0v) is 8.53. The van der Waals surface area contributed by atoms with Crippen LogP contribution < -0.4 is 10.2 Å². The van der Waals surface area contributed by atoms with Gasteiger partial charge in [-0.3, -0.25) is 4.90 Å². The molecule has 0 aromatic heterocycles. The molecule has 16 heavy (non-hydrogen) atoms. The van der Waals surface area contributed by atoms with E-state index in [1.54, 1.807) is 0 Å². The van der Waals surface area contributed by atoms with Crippen LogP contribution >= 0.6 is 0 Å². The van der Waals surface area contributed by atoms with Gasteiger partial charge >= 0.3 is 6.03 Å². The Labute approximate surface area is 92.3 Å². The Hall–Kier alpha value is -2.09. The molecule has 82 valence electrons. The SMILES string of the molecule is N#Cc1cc(F)ccc1N1CCCNC1=O. The van der Waals surface area contributed by atoms with Gasteiger partial charge < -0.3 is 5.32 Å². The highest BCUT2D eigenvalue weighted by molar-refractivity contribution is 5.94. The van der Waals surface area contributed by atoms with Crippen molar-refractivity contribution in [1.82, 2.24) is 5.32 Å². The zero-order chi connectivity index (χ0) is 11.5. The lowest BCUT2D eigenvalue weighted by atomic mass is 10.1. The molecule has 1 heterocycles. The summed E-state index contributed by atoms with van der Waals surface area (Å²) in [5.41, 5.74) is 0.637. The normalized spacial score (nSPS) is 15.5. The molecule has 5 heteroatoms. The van der Waals surface area contributed by atoms with Crippen molar-refractivity contribution in [2.75, 3.05) is 18.0 Å². The van der Waals surface area contributed by atoms with Crippen LogP contribution in [-0.4, -0.2) is 19.1 Å². The highest BCUT2D eigenvalue weighted by atomic mass is 19.1. The van der Waals surface area contributed by atoms with E-state index < -0.39 is 5.82 Å². The highest BCUT2D eigenvalue weighted by Crippen LogP contribution is 2.22. The molecule has 1 aliphatic heterocycles. The van der Waals surface area contributed by atoms with Gasteiger partial charge in [-0.25, -0.2) is 9.18 Å². The first-order valence-electron chi connectivity index (χ1n) is 4.97. The van der Waals surface area contributed by atoms with E-state index in [0.29, 0.717) is 18.8 Å². The fourth-order valence-electron chi connectivity index (χ4n) is 1.69. The second kappa shape index (κ2) is 4.19. The summed E-state index contributed by atoms with van der Waals surface area (Å²) in [5, 5.41) is 11.6.